The zero-order chi connectivity index (χ0) is 13.9. The first-order valence-electron chi connectivity index (χ1n) is 6.59. The molecule has 1 saturated carbocycles. The molecule has 5 heteroatoms. The highest BCUT2D eigenvalue weighted by Crippen LogP contribution is 2.27. The second-order valence-corrected chi connectivity index (χ2v) is 5.74. The molecule has 0 aliphatic heterocycles. The van der Waals surface area contributed by atoms with Crippen LogP contribution >= 0.6 is 15.9 Å². The first-order valence-corrected chi connectivity index (χ1v) is 7.38. The molecule has 0 amide bonds. The van der Waals surface area contributed by atoms with E-state index in [0.29, 0.717) is 11.8 Å². The highest BCUT2D eigenvalue weighted by molar-refractivity contribution is 9.10. The molecule has 0 atom stereocenters. The first kappa shape index (κ1) is 13.6. The predicted octanol–water partition coefficient (Wildman–Crippen LogP) is 4.01. The molecule has 1 aliphatic rings. The lowest BCUT2D eigenvalue weighted by Gasteiger charge is -2.08. The van der Waals surface area contributed by atoms with Crippen molar-refractivity contribution in [3.63, 3.8) is 0 Å². The van der Waals surface area contributed by atoms with E-state index in [1.807, 2.05) is 6.07 Å². The number of hydrogen-bond donors (Lipinski definition) is 1. The van der Waals surface area contributed by atoms with Gasteiger partial charge in [0, 0.05) is 24.2 Å². The molecule has 0 spiro atoms. The molecule has 1 heterocycles. The van der Waals surface area contributed by atoms with Crippen molar-refractivity contribution in [1.29, 1.82) is 0 Å². The maximum atomic E-state index is 13.2. The van der Waals surface area contributed by atoms with Crippen molar-refractivity contribution >= 4 is 15.9 Å². The molecule has 1 fully saturated rings. The molecule has 1 N–H and O–H groups in total. The Hall–Kier alpha value is -1.33. The summed E-state index contributed by atoms with van der Waals surface area (Å²) in [6.45, 7) is 1.07. The quantitative estimate of drug-likeness (QED) is 0.863. The maximum Gasteiger partial charge on any atom is 0.146 e. The van der Waals surface area contributed by atoms with Gasteiger partial charge in [0.2, 0.25) is 0 Å². The van der Waals surface area contributed by atoms with Gasteiger partial charge in [-0.2, -0.15) is 0 Å². The molecular formula is C15H15BrFNO2. The van der Waals surface area contributed by atoms with Crippen molar-refractivity contribution in [3.8, 4) is 5.75 Å². The number of rotatable bonds is 6. The normalized spacial score (nSPS) is 14.5. The molecule has 106 valence electrons. The minimum Gasteiger partial charge on any atom is -0.484 e. The van der Waals surface area contributed by atoms with Gasteiger partial charge in [0.1, 0.15) is 23.9 Å². The van der Waals surface area contributed by atoms with Gasteiger partial charge in [-0.3, -0.25) is 0 Å². The fraction of sp³-hybridized carbons (Fsp3) is 0.333. The second-order valence-electron chi connectivity index (χ2n) is 4.89. The molecule has 3 nitrogen and oxygen atoms in total. The lowest BCUT2D eigenvalue weighted by Crippen LogP contribution is -2.16. The summed E-state index contributed by atoms with van der Waals surface area (Å²) >= 11 is 3.34. The third kappa shape index (κ3) is 3.41. The van der Waals surface area contributed by atoms with Gasteiger partial charge in [0.15, 0.2) is 0 Å². The average molecular weight is 340 g/mol. The van der Waals surface area contributed by atoms with Crippen molar-refractivity contribution in [1.82, 2.24) is 5.32 Å². The lowest BCUT2D eigenvalue weighted by atomic mass is 10.2. The first-order chi connectivity index (χ1) is 9.72. The van der Waals surface area contributed by atoms with Crippen LogP contribution in [0, 0.1) is 5.82 Å². The molecule has 3 rings (SSSR count). The van der Waals surface area contributed by atoms with E-state index in [1.54, 1.807) is 12.3 Å². The number of benzene rings is 1. The van der Waals surface area contributed by atoms with Gasteiger partial charge >= 0.3 is 0 Å². The molecule has 0 unspecified atom stereocenters. The van der Waals surface area contributed by atoms with Crippen molar-refractivity contribution in [3.05, 3.63) is 52.1 Å². The summed E-state index contributed by atoms with van der Waals surface area (Å²) in [6, 6.07) is 6.96. The Balaban J connectivity index is 1.62. The largest absolute Gasteiger partial charge is 0.484 e. The van der Waals surface area contributed by atoms with Crippen molar-refractivity contribution in [2.75, 3.05) is 0 Å². The van der Waals surface area contributed by atoms with E-state index >= 15 is 0 Å². The number of ether oxygens (including phenoxy) is 1. The summed E-state index contributed by atoms with van der Waals surface area (Å²) in [5.74, 6) is 0.926. The number of halogens is 2. The van der Waals surface area contributed by atoms with E-state index in [-0.39, 0.29) is 12.4 Å². The Morgan fingerprint density at radius 3 is 3.00 bits per heavy atom. The Bertz CT molecular complexity index is 595. The Labute approximate surface area is 125 Å². The van der Waals surface area contributed by atoms with Crippen LogP contribution in [0.3, 0.4) is 0 Å². The van der Waals surface area contributed by atoms with E-state index in [4.69, 9.17) is 9.15 Å². The zero-order valence-corrected chi connectivity index (χ0v) is 12.5. The molecule has 0 radical (unpaired) electrons. The van der Waals surface area contributed by atoms with Crippen LogP contribution < -0.4 is 10.1 Å². The van der Waals surface area contributed by atoms with E-state index in [0.717, 1.165) is 22.3 Å². The smallest absolute Gasteiger partial charge is 0.146 e. The monoisotopic (exact) mass is 339 g/mol. The van der Waals surface area contributed by atoms with Gasteiger partial charge in [-0.1, -0.05) is 0 Å². The van der Waals surface area contributed by atoms with E-state index in [1.165, 1.54) is 25.0 Å². The predicted molar refractivity (Wildman–Crippen MR) is 77.0 cm³/mol. The fourth-order valence-electron chi connectivity index (χ4n) is 1.92. The maximum absolute atomic E-state index is 13.2. The van der Waals surface area contributed by atoms with Gasteiger partial charge in [-0.15, -0.1) is 0 Å². The van der Waals surface area contributed by atoms with Gasteiger partial charge in [-0.05, 0) is 47.0 Å². The van der Waals surface area contributed by atoms with Crippen LogP contribution in [0.15, 0.2) is 39.4 Å². The fourth-order valence-corrected chi connectivity index (χ4v) is 2.29. The summed E-state index contributed by atoms with van der Waals surface area (Å²) in [5, 5.41) is 3.43. The van der Waals surface area contributed by atoms with Crippen LogP contribution in [0.2, 0.25) is 0 Å². The van der Waals surface area contributed by atoms with E-state index < -0.39 is 0 Å². The molecule has 0 bridgehead atoms. The molecule has 1 aromatic heterocycles. The van der Waals surface area contributed by atoms with Gasteiger partial charge in [0.25, 0.3) is 0 Å². The summed E-state index contributed by atoms with van der Waals surface area (Å²) in [6.07, 6.45) is 4.16. The van der Waals surface area contributed by atoms with Gasteiger partial charge in [-0.25, -0.2) is 4.39 Å². The third-order valence-electron chi connectivity index (χ3n) is 3.25. The van der Waals surface area contributed by atoms with Crippen LogP contribution in [0.5, 0.6) is 5.75 Å². The minimum absolute atomic E-state index is 0.288. The summed E-state index contributed by atoms with van der Waals surface area (Å²) in [5.41, 5.74) is 1.09. The Morgan fingerprint density at radius 2 is 2.20 bits per heavy atom. The SMILES string of the molecule is Fc1ccc(Br)c(OCc2occc2CNC2CC2)c1. The zero-order valence-electron chi connectivity index (χ0n) is 10.9. The van der Waals surface area contributed by atoms with Crippen LogP contribution in [0.4, 0.5) is 4.39 Å². The standard InChI is InChI=1S/C15H15BrFNO2/c16-13-4-1-11(17)7-14(13)20-9-15-10(5-6-19-15)8-18-12-2-3-12/h1,4-7,12,18H,2-3,8-9H2. The molecule has 2 aromatic rings. The number of furan rings is 1. The summed E-state index contributed by atoms with van der Waals surface area (Å²) < 4.78 is 25.0. The van der Waals surface area contributed by atoms with Crippen LogP contribution in [0.1, 0.15) is 24.2 Å². The molecule has 20 heavy (non-hydrogen) atoms. The molecular weight excluding hydrogens is 325 g/mol. The highest BCUT2D eigenvalue weighted by atomic mass is 79.9. The minimum atomic E-state index is -0.321. The lowest BCUT2D eigenvalue weighted by molar-refractivity contribution is 0.265. The van der Waals surface area contributed by atoms with Crippen molar-refractivity contribution < 1.29 is 13.5 Å². The third-order valence-corrected chi connectivity index (χ3v) is 3.90. The average Bonchev–Trinajstić information content (AvgIpc) is 3.16. The molecule has 1 aliphatic carbocycles. The summed E-state index contributed by atoms with van der Waals surface area (Å²) in [4.78, 5) is 0. The van der Waals surface area contributed by atoms with E-state index in [9.17, 15) is 4.39 Å². The Morgan fingerprint density at radius 1 is 1.35 bits per heavy atom. The second kappa shape index (κ2) is 5.97. The molecule has 1 aromatic carbocycles. The van der Waals surface area contributed by atoms with Crippen LogP contribution in [-0.4, -0.2) is 6.04 Å². The van der Waals surface area contributed by atoms with Crippen molar-refractivity contribution in [2.24, 2.45) is 0 Å². The van der Waals surface area contributed by atoms with Crippen LogP contribution in [0.25, 0.3) is 0 Å². The molecule has 0 saturated heterocycles. The summed E-state index contributed by atoms with van der Waals surface area (Å²) in [7, 11) is 0. The van der Waals surface area contributed by atoms with Crippen LogP contribution in [-0.2, 0) is 13.2 Å². The van der Waals surface area contributed by atoms with Gasteiger partial charge < -0.3 is 14.5 Å². The Kier molecular flexibility index (Phi) is 4.08. The van der Waals surface area contributed by atoms with Crippen molar-refractivity contribution in [2.45, 2.75) is 32.0 Å². The van der Waals surface area contributed by atoms with Gasteiger partial charge in [0.05, 0.1) is 10.7 Å². The van der Waals surface area contributed by atoms with E-state index in [2.05, 4.69) is 21.2 Å². The topological polar surface area (TPSA) is 34.4 Å². The number of hydrogen-bond acceptors (Lipinski definition) is 3. The highest BCUT2D eigenvalue weighted by Gasteiger charge is 2.21. The number of nitrogens with one attached hydrogen (secondary N) is 1.